The smallest absolute Gasteiger partial charge is 0.336 e. The monoisotopic (exact) mass is 261 g/mol. The standard InChI is InChI=1S/C15H19NO3/c1-2-15(8-5-9-15)10-16-13(17)11-6-3-4-7-12(11)14(18)19/h3-4,6-7H,2,5,8-10H2,1H3,(H,16,17)(H,18,19). The van der Waals surface area contributed by atoms with Crippen LogP contribution in [0.1, 0.15) is 53.3 Å². The van der Waals surface area contributed by atoms with Gasteiger partial charge in [0.25, 0.3) is 5.91 Å². The molecule has 1 aromatic rings. The molecule has 0 atom stereocenters. The van der Waals surface area contributed by atoms with E-state index < -0.39 is 5.97 Å². The van der Waals surface area contributed by atoms with Gasteiger partial charge in [0.1, 0.15) is 0 Å². The summed E-state index contributed by atoms with van der Waals surface area (Å²) in [6.45, 7) is 2.77. The first-order valence-electron chi connectivity index (χ1n) is 6.68. The molecule has 102 valence electrons. The molecule has 2 rings (SSSR count). The van der Waals surface area contributed by atoms with Gasteiger partial charge in [0.2, 0.25) is 0 Å². The van der Waals surface area contributed by atoms with Gasteiger partial charge < -0.3 is 10.4 Å². The number of carboxylic acids is 1. The minimum absolute atomic E-state index is 0.0548. The zero-order valence-corrected chi connectivity index (χ0v) is 11.1. The van der Waals surface area contributed by atoms with Crippen molar-refractivity contribution >= 4 is 11.9 Å². The minimum atomic E-state index is -1.07. The van der Waals surface area contributed by atoms with Crippen LogP contribution >= 0.6 is 0 Å². The highest BCUT2D eigenvalue weighted by atomic mass is 16.4. The number of aromatic carboxylic acids is 1. The Morgan fingerprint density at radius 3 is 2.37 bits per heavy atom. The number of carbonyl (C=O) groups is 2. The van der Waals surface area contributed by atoms with E-state index in [0.29, 0.717) is 6.54 Å². The van der Waals surface area contributed by atoms with Crippen LogP contribution in [0.4, 0.5) is 0 Å². The second-order valence-corrected chi connectivity index (χ2v) is 5.24. The maximum Gasteiger partial charge on any atom is 0.336 e. The summed E-state index contributed by atoms with van der Waals surface area (Å²) in [5.41, 5.74) is 0.521. The van der Waals surface area contributed by atoms with Gasteiger partial charge in [0.15, 0.2) is 0 Å². The summed E-state index contributed by atoms with van der Waals surface area (Å²) in [5.74, 6) is -1.36. The Morgan fingerprint density at radius 1 is 1.26 bits per heavy atom. The van der Waals surface area contributed by atoms with Gasteiger partial charge in [-0.05, 0) is 36.8 Å². The third-order valence-electron chi connectivity index (χ3n) is 4.19. The van der Waals surface area contributed by atoms with E-state index in [2.05, 4.69) is 12.2 Å². The lowest BCUT2D eigenvalue weighted by molar-refractivity contribution is 0.0688. The van der Waals surface area contributed by atoms with Crippen molar-refractivity contribution in [3.8, 4) is 0 Å². The lowest BCUT2D eigenvalue weighted by Crippen LogP contribution is -2.42. The summed E-state index contributed by atoms with van der Waals surface area (Å²) >= 11 is 0. The number of carbonyl (C=O) groups excluding carboxylic acids is 1. The molecule has 0 aromatic heterocycles. The van der Waals surface area contributed by atoms with Gasteiger partial charge in [-0.2, -0.15) is 0 Å². The van der Waals surface area contributed by atoms with Gasteiger partial charge in [0.05, 0.1) is 11.1 Å². The molecule has 2 N–H and O–H groups in total. The summed E-state index contributed by atoms with van der Waals surface area (Å²) in [4.78, 5) is 23.2. The Morgan fingerprint density at radius 2 is 1.89 bits per heavy atom. The fourth-order valence-electron chi connectivity index (χ4n) is 2.56. The molecular formula is C15H19NO3. The molecule has 1 aromatic carbocycles. The zero-order chi connectivity index (χ0) is 13.9. The molecule has 19 heavy (non-hydrogen) atoms. The zero-order valence-electron chi connectivity index (χ0n) is 11.1. The lowest BCUT2D eigenvalue weighted by atomic mass is 9.67. The van der Waals surface area contributed by atoms with E-state index in [1.54, 1.807) is 18.2 Å². The van der Waals surface area contributed by atoms with E-state index in [-0.39, 0.29) is 22.4 Å². The van der Waals surface area contributed by atoms with Crippen molar-refractivity contribution in [1.29, 1.82) is 0 Å². The molecule has 1 aliphatic rings. The van der Waals surface area contributed by atoms with E-state index in [9.17, 15) is 9.59 Å². The lowest BCUT2D eigenvalue weighted by Gasteiger charge is -2.41. The molecule has 0 heterocycles. The van der Waals surface area contributed by atoms with Crippen molar-refractivity contribution in [2.24, 2.45) is 5.41 Å². The fraction of sp³-hybridized carbons (Fsp3) is 0.467. The molecular weight excluding hydrogens is 242 g/mol. The van der Waals surface area contributed by atoms with Gasteiger partial charge in [-0.1, -0.05) is 25.5 Å². The first-order chi connectivity index (χ1) is 9.08. The van der Waals surface area contributed by atoms with Crippen LogP contribution in [0.3, 0.4) is 0 Å². The normalized spacial score (nSPS) is 16.5. The van der Waals surface area contributed by atoms with Crippen LogP contribution in [0.25, 0.3) is 0 Å². The fourth-order valence-corrected chi connectivity index (χ4v) is 2.56. The van der Waals surface area contributed by atoms with E-state index in [1.807, 2.05) is 0 Å². The number of benzene rings is 1. The van der Waals surface area contributed by atoms with Gasteiger partial charge in [-0.25, -0.2) is 4.79 Å². The molecule has 0 unspecified atom stereocenters. The average molecular weight is 261 g/mol. The molecule has 1 aliphatic carbocycles. The van der Waals surface area contributed by atoms with E-state index in [0.717, 1.165) is 19.3 Å². The number of rotatable bonds is 5. The van der Waals surface area contributed by atoms with Crippen LogP contribution in [-0.4, -0.2) is 23.5 Å². The van der Waals surface area contributed by atoms with Crippen LogP contribution < -0.4 is 5.32 Å². The predicted molar refractivity (Wildman–Crippen MR) is 72.3 cm³/mol. The summed E-state index contributed by atoms with van der Waals surface area (Å²) in [5, 5.41) is 12.0. The number of amides is 1. The number of hydrogen-bond acceptors (Lipinski definition) is 2. The summed E-state index contributed by atoms with van der Waals surface area (Å²) in [6, 6.07) is 6.31. The van der Waals surface area contributed by atoms with Crippen molar-refractivity contribution in [3.05, 3.63) is 35.4 Å². The number of hydrogen-bond donors (Lipinski definition) is 2. The van der Waals surface area contributed by atoms with Crippen molar-refractivity contribution < 1.29 is 14.7 Å². The van der Waals surface area contributed by atoms with Gasteiger partial charge in [0, 0.05) is 6.54 Å². The second-order valence-electron chi connectivity index (χ2n) is 5.24. The SMILES string of the molecule is CCC1(CNC(=O)c2ccccc2C(=O)O)CCC1. The molecule has 1 saturated carbocycles. The quantitative estimate of drug-likeness (QED) is 0.856. The number of nitrogens with one attached hydrogen (secondary N) is 1. The summed E-state index contributed by atoms with van der Waals surface area (Å²) < 4.78 is 0. The first kappa shape index (κ1) is 13.6. The van der Waals surface area contributed by atoms with Crippen LogP contribution in [-0.2, 0) is 0 Å². The van der Waals surface area contributed by atoms with Crippen LogP contribution in [0, 0.1) is 5.41 Å². The molecule has 1 amide bonds. The largest absolute Gasteiger partial charge is 0.478 e. The molecule has 4 heteroatoms. The molecule has 0 radical (unpaired) electrons. The third-order valence-corrected chi connectivity index (χ3v) is 4.19. The molecule has 0 aliphatic heterocycles. The highest BCUT2D eigenvalue weighted by molar-refractivity contribution is 6.04. The molecule has 0 saturated heterocycles. The molecule has 0 bridgehead atoms. The van der Waals surface area contributed by atoms with Crippen LogP contribution in [0.15, 0.2) is 24.3 Å². The topological polar surface area (TPSA) is 66.4 Å². The highest BCUT2D eigenvalue weighted by Crippen LogP contribution is 2.43. The van der Waals surface area contributed by atoms with Crippen molar-refractivity contribution in [2.75, 3.05) is 6.54 Å². The van der Waals surface area contributed by atoms with E-state index in [1.165, 1.54) is 12.5 Å². The Labute approximate surface area is 112 Å². The average Bonchev–Trinajstić information content (AvgIpc) is 2.37. The van der Waals surface area contributed by atoms with Crippen LogP contribution in [0.5, 0.6) is 0 Å². The highest BCUT2D eigenvalue weighted by Gasteiger charge is 2.35. The first-order valence-corrected chi connectivity index (χ1v) is 6.68. The molecule has 1 fully saturated rings. The number of carboxylic acid groups (broad SMARTS) is 1. The Hall–Kier alpha value is -1.84. The Balaban J connectivity index is 2.06. The van der Waals surface area contributed by atoms with E-state index in [4.69, 9.17) is 5.11 Å². The van der Waals surface area contributed by atoms with Crippen molar-refractivity contribution in [3.63, 3.8) is 0 Å². The minimum Gasteiger partial charge on any atom is -0.478 e. The van der Waals surface area contributed by atoms with Crippen molar-refractivity contribution in [2.45, 2.75) is 32.6 Å². The van der Waals surface area contributed by atoms with Crippen LogP contribution in [0.2, 0.25) is 0 Å². The van der Waals surface area contributed by atoms with E-state index >= 15 is 0 Å². The third kappa shape index (κ3) is 2.78. The molecule has 0 spiro atoms. The maximum absolute atomic E-state index is 12.1. The maximum atomic E-state index is 12.1. The summed E-state index contributed by atoms with van der Waals surface area (Å²) in [7, 11) is 0. The Bertz CT molecular complexity index is 486. The van der Waals surface area contributed by atoms with Gasteiger partial charge in [-0.3, -0.25) is 4.79 Å². The second kappa shape index (κ2) is 5.43. The predicted octanol–water partition coefficient (Wildman–Crippen LogP) is 2.69. The van der Waals surface area contributed by atoms with Gasteiger partial charge >= 0.3 is 5.97 Å². The van der Waals surface area contributed by atoms with Crippen molar-refractivity contribution in [1.82, 2.24) is 5.32 Å². The van der Waals surface area contributed by atoms with Gasteiger partial charge in [-0.15, -0.1) is 0 Å². The Kier molecular flexibility index (Phi) is 3.88. The molecule has 4 nitrogen and oxygen atoms in total. The summed E-state index contributed by atoms with van der Waals surface area (Å²) in [6.07, 6.45) is 4.55.